The van der Waals surface area contributed by atoms with E-state index in [2.05, 4.69) is 12.2 Å². The summed E-state index contributed by atoms with van der Waals surface area (Å²) in [5.41, 5.74) is 0. The molecular formula is C13H23NO2. The van der Waals surface area contributed by atoms with E-state index in [1.165, 1.54) is 12.8 Å². The Morgan fingerprint density at radius 1 is 1.31 bits per heavy atom. The summed E-state index contributed by atoms with van der Waals surface area (Å²) in [6.07, 6.45) is 5.86. The van der Waals surface area contributed by atoms with Gasteiger partial charge >= 0.3 is 0 Å². The second kappa shape index (κ2) is 5.17. The lowest BCUT2D eigenvalue weighted by Crippen LogP contribution is -2.38. The van der Waals surface area contributed by atoms with Crippen molar-refractivity contribution in [3.63, 3.8) is 0 Å². The molecule has 1 amide bonds. The molecule has 0 spiro atoms. The zero-order chi connectivity index (χ0) is 11.5. The van der Waals surface area contributed by atoms with E-state index in [9.17, 15) is 4.79 Å². The molecule has 0 heterocycles. The number of hydrogen-bond acceptors (Lipinski definition) is 2. The Morgan fingerprint density at radius 2 is 2.00 bits per heavy atom. The van der Waals surface area contributed by atoms with Gasteiger partial charge in [-0.1, -0.05) is 6.92 Å². The molecule has 1 unspecified atom stereocenters. The minimum Gasteiger partial charge on any atom is -0.384 e. The van der Waals surface area contributed by atoms with E-state index >= 15 is 0 Å². The van der Waals surface area contributed by atoms with Crippen LogP contribution in [0.25, 0.3) is 0 Å². The van der Waals surface area contributed by atoms with Crippen molar-refractivity contribution in [1.29, 1.82) is 0 Å². The summed E-state index contributed by atoms with van der Waals surface area (Å²) in [7, 11) is 1.70. The third-order valence-electron chi connectivity index (χ3n) is 4.00. The second-order valence-electron chi connectivity index (χ2n) is 5.52. The van der Waals surface area contributed by atoms with Crippen LogP contribution in [0.4, 0.5) is 0 Å². The summed E-state index contributed by atoms with van der Waals surface area (Å²) >= 11 is 0. The van der Waals surface area contributed by atoms with Crippen molar-refractivity contribution in [2.75, 3.05) is 13.7 Å². The van der Waals surface area contributed by atoms with Gasteiger partial charge in [0.15, 0.2) is 0 Å². The normalized spacial score (nSPS) is 38.1. The molecule has 92 valence electrons. The maximum Gasteiger partial charge on any atom is 0.223 e. The van der Waals surface area contributed by atoms with Crippen LogP contribution < -0.4 is 5.32 Å². The molecule has 0 saturated heterocycles. The van der Waals surface area contributed by atoms with Crippen LogP contribution in [0.1, 0.15) is 39.0 Å². The highest BCUT2D eigenvalue weighted by molar-refractivity contribution is 5.81. The van der Waals surface area contributed by atoms with Crippen molar-refractivity contribution in [3.05, 3.63) is 0 Å². The van der Waals surface area contributed by atoms with Gasteiger partial charge in [-0.15, -0.1) is 0 Å². The van der Waals surface area contributed by atoms with E-state index in [0.717, 1.165) is 31.8 Å². The van der Waals surface area contributed by atoms with Crippen LogP contribution in [0.5, 0.6) is 0 Å². The lowest BCUT2D eigenvalue weighted by molar-refractivity contribution is -0.123. The molecule has 16 heavy (non-hydrogen) atoms. The van der Waals surface area contributed by atoms with Gasteiger partial charge in [0.2, 0.25) is 5.91 Å². The van der Waals surface area contributed by atoms with Crippen LogP contribution in [0, 0.1) is 17.8 Å². The van der Waals surface area contributed by atoms with Gasteiger partial charge in [-0.2, -0.15) is 0 Å². The predicted molar refractivity (Wildman–Crippen MR) is 63.0 cm³/mol. The van der Waals surface area contributed by atoms with Crippen LogP contribution >= 0.6 is 0 Å². The van der Waals surface area contributed by atoms with Gasteiger partial charge in [-0.3, -0.25) is 4.79 Å². The van der Waals surface area contributed by atoms with Crippen molar-refractivity contribution < 1.29 is 9.53 Å². The monoisotopic (exact) mass is 225 g/mol. The fourth-order valence-electron chi connectivity index (χ4n) is 2.68. The maximum atomic E-state index is 11.9. The summed E-state index contributed by atoms with van der Waals surface area (Å²) in [5.74, 6) is 1.82. The first-order valence-electron chi connectivity index (χ1n) is 6.50. The van der Waals surface area contributed by atoms with Gasteiger partial charge in [0.25, 0.3) is 0 Å². The summed E-state index contributed by atoms with van der Waals surface area (Å²) in [4.78, 5) is 11.9. The quantitative estimate of drug-likeness (QED) is 0.794. The molecule has 0 radical (unpaired) electrons. The molecule has 3 nitrogen and oxygen atoms in total. The Labute approximate surface area is 97.9 Å². The van der Waals surface area contributed by atoms with Gasteiger partial charge in [-0.05, 0) is 43.9 Å². The molecule has 2 saturated carbocycles. The summed E-state index contributed by atoms with van der Waals surface area (Å²) in [6.45, 7) is 3.04. The van der Waals surface area contributed by atoms with Crippen molar-refractivity contribution in [2.45, 2.75) is 45.1 Å². The Hall–Kier alpha value is -0.570. The van der Waals surface area contributed by atoms with E-state index in [1.807, 2.05) is 0 Å². The molecule has 0 aromatic carbocycles. The number of amides is 1. The first-order chi connectivity index (χ1) is 7.70. The van der Waals surface area contributed by atoms with Gasteiger partial charge in [0, 0.05) is 25.7 Å². The number of rotatable bonds is 4. The molecule has 2 fully saturated rings. The minimum atomic E-state index is 0.235. The largest absolute Gasteiger partial charge is 0.384 e. The lowest BCUT2D eigenvalue weighted by Gasteiger charge is -2.27. The highest BCUT2D eigenvalue weighted by Gasteiger charge is 2.43. The first-order valence-corrected chi connectivity index (χ1v) is 6.50. The fourth-order valence-corrected chi connectivity index (χ4v) is 2.68. The fraction of sp³-hybridized carbons (Fsp3) is 0.923. The standard InChI is InChI=1S/C13H23NO2/c1-9-3-5-11(6-4-9)14-13(15)12-7-10(12)8-16-2/h9-12H,3-8H2,1-2H3,(H,14,15)/t9?,10-,11?,12?/m0/s1. The SMILES string of the molecule is COC[C@@H]1CC1C(=O)NC1CCC(C)CC1. The Kier molecular flexibility index (Phi) is 3.85. The van der Waals surface area contributed by atoms with Crippen LogP contribution in [0.15, 0.2) is 0 Å². The average Bonchev–Trinajstić information content (AvgIpc) is 3.01. The number of carbonyl (C=O) groups is 1. The molecule has 1 N–H and O–H groups in total. The van der Waals surface area contributed by atoms with E-state index < -0.39 is 0 Å². The predicted octanol–water partition coefficient (Wildman–Crippen LogP) is 1.96. The van der Waals surface area contributed by atoms with Crippen molar-refractivity contribution >= 4 is 5.91 Å². The third-order valence-corrected chi connectivity index (χ3v) is 4.00. The topological polar surface area (TPSA) is 38.3 Å². The van der Waals surface area contributed by atoms with Crippen LogP contribution in [-0.4, -0.2) is 25.7 Å². The highest BCUT2D eigenvalue weighted by atomic mass is 16.5. The number of ether oxygens (including phenoxy) is 1. The van der Waals surface area contributed by atoms with Crippen LogP contribution in [0.2, 0.25) is 0 Å². The lowest BCUT2D eigenvalue weighted by atomic mass is 9.87. The smallest absolute Gasteiger partial charge is 0.223 e. The van der Waals surface area contributed by atoms with Gasteiger partial charge in [0.05, 0.1) is 0 Å². The summed E-state index contributed by atoms with van der Waals surface area (Å²) in [5, 5.41) is 3.20. The van der Waals surface area contributed by atoms with Gasteiger partial charge < -0.3 is 10.1 Å². The van der Waals surface area contributed by atoms with E-state index in [4.69, 9.17) is 4.74 Å². The van der Waals surface area contributed by atoms with Crippen LogP contribution in [-0.2, 0) is 9.53 Å². The molecule has 0 aromatic rings. The second-order valence-corrected chi connectivity index (χ2v) is 5.52. The Morgan fingerprint density at radius 3 is 2.62 bits per heavy atom. The zero-order valence-electron chi connectivity index (χ0n) is 10.4. The Bertz CT molecular complexity index is 246. The van der Waals surface area contributed by atoms with Gasteiger partial charge in [0.1, 0.15) is 0 Å². The summed E-state index contributed by atoms with van der Waals surface area (Å²) < 4.78 is 5.07. The molecule has 0 aliphatic heterocycles. The number of carbonyl (C=O) groups excluding carboxylic acids is 1. The first kappa shape index (κ1) is 11.9. The molecule has 2 rings (SSSR count). The maximum absolute atomic E-state index is 11.9. The van der Waals surface area contributed by atoms with Crippen LogP contribution in [0.3, 0.4) is 0 Å². The third kappa shape index (κ3) is 2.97. The van der Waals surface area contributed by atoms with E-state index in [0.29, 0.717) is 12.0 Å². The summed E-state index contributed by atoms with van der Waals surface area (Å²) in [6, 6.07) is 0.437. The van der Waals surface area contributed by atoms with Crippen molar-refractivity contribution in [3.8, 4) is 0 Å². The molecule has 2 atom stereocenters. The molecule has 0 aromatic heterocycles. The molecule has 2 aliphatic rings. The molecule has 0 bridgehead atoms. The number of hydrogen-bond donors (Lipinski definition) is 1. The minimum absolute atomic E-state index is 0.235. The molecule has 3 heteroatoms. The van der Waals surface area contributed by atoms with E-state index in [1.54, 1.807) is 7.11 Å². The molecule has 2 aliphatic carbocycles. The van der Waals surface area contributed by atoms with Gasteiger partial charge in [-0.25, -0.2) is 0 Å². The number of nitrogens with one attached hydrogen (secondary N) is 1. The highest BCUT2D eigenvalue weighted by Crippen LogP contribution is 2.39. The number of methoxy groups -OCH3 is 1. The molecular weight excluding hydrogens is 202 g/mol. The Balaban J connectivity index is 1.68. The average molecular weight is 225 g/mol. The van der Waals surface area contributed by atoms with E-state index in [-0.39, 0.29) is 11.8 Å². The zero-order valence-corrected chi connectivity index (χ0v) is 10.4. The van der Waals surface area contributed by atoms with Crippen molar-refractivity contribution in [1.82, 2.24) is 5.32 Å². The van der Waals surface area contributed by atoms with Crippen molar-refractivity contribution in [2.24, 2.45) is 17.8 Å².